The number of nitrogens with one attached hydrogen (secondary N) is 1. The molecule has 1 amide bonds. The summed E-state index contributed by atoms with van der Waals surface area (Å²) in [7, 11) is 0. The van der Waals surface area contributed by atoms with Crippen LogP contribution in [0.25, 0.3) is 5.82 Å². The lowest BCUT2D eigenvalue weighted by Gasteiger charge is -2.38. The summed E-state index contributed by atoms with van der Waals surface area (Å²) >= 11 is 0. The van der Waals surface area contributed by atoms with E-state index in [-0.39, 0.29) is 17.7 Å². The first kappa shape index (κ1) is 20.7. The summed E-state index contributed by atoms with van der Waals surface area (Å²) in [6.07, 6.45) is 8.85. The van der Waals surface area contributed by atoms with E-state index < -0.39 is 5.60 Å². The first-order valence-corrected chi connectivity index (χ1v) is 12.1. The predicted octanol–water partition coefficient (Wildman–Crippen LogP) is 4.98. The second-order valence-electron chi connectivity index (χ2n) is 10.9. The second-order valence-corrected chi connectivity index (χ2v) is 10.9. The number of fused-ring (bicyclic) bond motifs is 2. The molecule has 3 fully saturated rings. The third kappa shape index (κ3) is 3.70. The summed E-state index contributed by atoms with van der Waals surface area (Å²) in [5.74, 6) is 2.37. The van der Waals surface area contributed by atoms with Gasteiger partial charge in [-0.3, -0.25) is 4.90 Å². The van der Waals surface area contributed by atoms with Crippen LogP contribution >= 0.6 is 0 Å². The zero-order valence-corrected chi connectivity index (χ0v) is 19.5. The van der Waals surface area contributed by atoms with Crippen molar-refractivity contribution in [3.63, 3.8) is 0 Å². The molecule has 7 heteroatoms. The van der Waals surface area contributed by atoms with Gasteiger partial charge in [0.1, 0.15) is 17.2 Å². The topological polar surface area (TPSA) is 62.6 Å². The van der Waals surface area contributed by atoms with E-state index in [2.05, 4.69) is 27.9 Å². The quantitative estimate of drug-likeness (QED) is 0.721. The smallest absolute Gasteiger partial charge is 0.410 e. The number of likely N-dealkylation sites (tertiary alicyclic amines) is 2. The molecule has 3 aliphatic heterocycles. The van der Waals surface area contributed by atoms with Gasteiger partial charge in [-0.05, 0) is 84.6 Å². The molecule has 170 valence electrons. The molecule has 0 bridgehead atoms. The third-order valence-corrected chi connectivity index (χ3v) is 7.25. The molecule has 4 heterocycles. The van der Waals surface area contributed by atoms with Crippen LogP contribution in [0.2, 0.25) is 0 Å². The van der Waals surface area contributed by atoms with E-state index >= 15 is 0 Å². The van der Waals surface area contributed by atoms with Gasteiger partial charge in [-0.2, -0.15) is 5.10 Å². The molecule has 7 nitrogen and oxygen atoms in total. The Morgan fingerprint density at radius 3 is 2.65 bits per heavy atom. The Hall–Kier alpha value is -2.18. The molecule has 2 saturated heterocycles. The number of amides is 1. The number of piperidine rings is 1. The first-order valence-electron chi connectivity index (χ1n) is 12.1. The summed E-state index contributed by atoms with van der Waals surface area (Å²) in [5.41, 5.74) is 2.01. The fourth-order valence-electron chi connectivity index (χ4n) is 5.80. The van der Waals surface area contributed by atoms with Crippen LogP contribution in [-0.4, -0.2) is 56.4 Å². The Morgan fingerprint density at radius 1 is 1.16 bits per heavy atom. The van der Waals surface area contributed by atoms with Gasteiger partial charge in [-0.1, -0.05) is 0 Å². The van der Waals surface area contributed by atoms with Crippen LogP contribution in [0, 0.1) is 0 Å². The van der Waals surface area contributed by atoms with E-state index in [4.69, 9.17) is 9.84 Å². The molecule has 1 N–H and O–H groups in total. The molecule has 31 heavy (non-hydrogen) atoms. The second kappa shape index (κ2) is 7.45. The van der Waals surface area contributed by atoms with Crippen molar-refractivity contribution in [3.8, 4) is 0 Å². The first-order chi connectivity index (χ1) is 14.8. The van der Waals surface area contributed by atoms with Gasteiger partial charge in [0.25, 0.3) is 0 Å². The lowest BCUT2D eigenvalue weighted by Crippen LogP contribution is -2.42. The molecule has 5 rings (SSSR count). The number of hydrogen-bond acceptors (Lipinski definition) is 5. The van der Waals surface area contributed by atoms with Gasteiger partial charge in [0, 0.05) is 25.7 Å². The molecule has 1 aromatic heterocycles. The standard InChI is InChI=1S/C24H37N5O2/c1-23(2,3)31-22(30)28-15-6-5-11-19(28)18-16-20-25-24(4)12-9-10-17(24)21(29(20)26-18)27-13-7-8-14-27/h16,19,25H,5-15H2,1-4H3. The predicted molar refractivity (Wildman–Crippen MR) is 122 cm³/mol. The van der Waals surface area contributed by atoms with E-state index in [1.165, 1.54) is 30.7 Å². The molecule has 1 aliphatic carbocycles. The summed E-state index contributed by atoms with van der Waals surface area (Å²) in [6, 6.07) is 2.16. The Bertz CT molecular complexity index is 892. The minimum atomic E-state index is -0.493. The van der Waals surface area contributed by atoms with Crippen molar-refractivity contribution in [3.05, 3.63) is 17.3 Å². The highest BCUT2D eigenvalue weighted by Crippen LogP contribution is 2.47. The zero-order chi connectivity index (χ0) is 21.8. The van der Waals surface area contributed by atoms with E-state index in [1.807, 2.05) is 25.7 Å². The monoisotopic (exact) mass is 427 g/mol. The lowest BCUT2D eigenvalue weighted by molar-refractivity contribution is 0.00896. The van der Waals surface area contributed by atoms with Crippen molar-refractivity contribution in [2.24, 2.45) is 0 Å². The summed E-state index contributed by atoms with van der Waals surface area (Å²) in [6.45, 7) is 11.1. The molecule has 0 spiro atoms. The molecular formula is C24H37N5O2. The van der Waals surface area contributed by atoms with Gasteiger partial charge in [0.2, 0.25) is 0 Å². The van der Waals surface area contributed by atoms with Crippen LogP contribution in [0.1, 0.15) is 90.8 Å². The van der Waals surface area contributed by atoms with Gasteiger partial charge >= 0.3 is 6.09 Å². The van der Waals surface area contributed by atoms with Crippen LogP contribution in [0.5, 0.6) is 0 Å². The number of ether oxygens (including phenoxy) is 1. The van der Waals surface area contributed by atoms with Crippen molar-refractivity contribution >= 4 is 17.7 Å². The van der Waals surface area contributed by atoms with Crippen molar-refractivity contribution in [2.75, 3.05) is 25.0 Å². The van der Waals surface area contributed by atoms with E-state index in [0.29, 0.717) is 0 Å². The Balaban J connectivity index is 1.50. The van der Waals surface area contributed by atoms with Crippen LogP contribution in [-0.2, 0) is 4.74 Å². The minimum Gasteiger partial charge on any atom is -0.444 e. The lowest BCUT2D eigenvalue weighted by atomic mass is 9.93. The molecule has 0 aromatic carbocycles. The van der Waals surface area contributed by atoms with Gasteiger partial charge in [0.15, 0.2) is 0 Å². The van der Waals surface area contributed by atoms with Gasteiger partial charge in [-0.25, -0.2) is 9.48 Å². The van der Waals surface area contributed by atoms with E-state index in [0.717, 1.165) is 63.3 Å². The highest BCUT2D eigenvalue weighted by atomic mass is 16.6. The average molecular weight is 428 g/mol. The van der Waals surface area contributed by atoms with Crippen molar-refractivity contribution < 1.29 is 9.53 Å². The number of aromatic nitrogens is 2. The number of carbonyl (C=O) groups is 1. The molecule has 0 radical (unpaired) electrons. The maximum absolute atomic E-state index is 13.0. The number of carbonyl (C=O) groups excluding carboxylic acids is 1. The number of nitrogens with zero attached hydrogens (tertiary/aromatic N) is 4. The maximum atomic E-state index is 13.0. The highest BCUT2D eigenvalue weighted by Gasteiger charge is 2.43. The van der Waals surface area contributed by atoms with Crippen molar-refractivity contribution in [1.82, 2.24) is 19.6 Å². The molecule has 1 aromatic rings. The van der Waals surface area contributed by atoms with Gasteiger partial charge in [0.05, 0.1) is 17.3 Å². The Labute approximate surface area is 185 Å². The number of hydrogen-bond donors (Lipinski definition) is 1. The zero-order valence-electron chi connectivity index (χ0n) is 19.5. The number of rotatable bonds is 2. The highest BCUT2D eigenvalue weighted by molar-refractivity contribution is 5.70. The van der Waals surface area contributed by atoms with E-state index in [1.54, 1.807) is 0 Å². The van der Waals surface area contributed by atoms with Gasteiger partial charge in [-0.15, -0.1) is 0 Å². The molecule has 2 unspecified atom stereocenters. The van der Waals surface area contributed by atoms with Crippen molar-refractivity contribution in [2.45, 2.75) is 96.2 Å². The van der Waals surface area contributed by atoms with Gasteiger partial charge < -0.3 is 15.0 Å². The number of anilines is 1. The Kier molecular flexibility index (Phi) is 4.98. The minimum absolute atomic E-state index is 0.0165. The summed E-state index contributed by atoms with van der Waals surface area (Å²) < 4.78 is 7.87. The van der Waals surface area contributed by atoms with Crippen molar-refractivity contribution in [1.29, 1.82) is 0 Å². The molecule has 1 saturated carbocycles. The Morgan fingerprint density at radius 2 is 1.90 bits per heavy atom. The van der Waals surface area contributed by atoms with Crippen LogP contribution in [0.3, 0.4) is 0 Å². The largest absolute Gasteiger partial charge is 0.444 e. The SMILES string of the molecule is CC(C)(C)OC(=O)N1CCCCC1c1cc2n(n1)C(N1CCCC1)=C1CCCC1(C)N2. The average Bonchev–Trinajstić information content (AvgIpc) is 3.43. The summed E-state index contributed by atoms with van der Waals surface area (Å²) in [5, 5.41) is 8.94. The van der Waals surface area contributed by atoms with Crippen LogP contribution in [0.15, 0.2) is 11.6 Å². The van der Waals surface area contributed by atoms with Crippen LogP contribution < -0.4 is 5.32 Å². The summed E-state index contributed by atoms with van der Waals surface area (Å²) in [4.78, 5) is 17.4. The van der Waals surface area contributed by atoms with Crippen LogP contribution in [0.4, 0.5) is 10.6 Å². The van der Waals surface area contributed by atoms with E-state index in [9.17, 15) is 4.79 Å². The normalized spacial score (nSPS) is 28.5. The maximum Gasteiger partial charge on any atom is 0.410 e. The molecule has 2 atom stereocenters. The fourth-order valence-corrected chi connectivity index (χ4v) is 5.80. The molecular weight excluding hydrogens is 390 g/mol. The molecule has 4 aliphatic rings. The third-order valence-electron chi connectivity index (χ3n) is 7.25. The fraction of sp³-hybridized carbons (Fsp3) is 0.750.